The molecule has 0 radical (unpaired) electrons. The lowest BCUT2D eigenvalue weighted by atomic mass is 10.0. The Morgan fingerprint density at radius 2 is 2.12 bits per heavy atom. The first-order valence-electron chi connectivity index (χ1n) is 12.5. The number of nitrogens with zero attached hydrogens (tertiary/aromatic N) is 4. The second kappa shape index (κ2) is 11.3. The van der Waals surface area contributed by atoms with E-state index in [2.05, 4.69) is 30.1 Å². The number of methoxy groups -OCH3 is 1. The number of aromatic nitrogens is 4. The average Bonchev–Trinajstić information content (AvgIpc) is 3.62. The van der Waals surface area contributed by atoms with Crippen LogP contribution in [-0.2, 0) is 23.4 Å². The molecule has 0 spiro atoms. The minimum atomic E-state index is -4.35. The summed E-state index contributed by atoms with van der Waals surface area (Å²) < 4.78 is 50.9. The van der Waals surface area contributed by atoms with Crippen molar-refractivity contribution in [2.45, 2.75) is 49.1 Å². The van der Waals surface area contributed by atoms with Crippen LogP contribution in [0.2, 0.25) is 0 Å². The van der Waals surface area contributed by atoms with Crippen molar-refractivity contribution in [2.75, 3.05) is 24.8 Å². The summed E-state index contributed by atoms with van der Waals surface area (Å²) in [5.74, 6) is -0.622. The van der Waals surface area contributed by atoms with E-state index in [9.17, 15) is 18.9 Å². The highest BCUT2D eigenvalue weighted by Crippen LogP contribution is 2.50. The quantitative estimate of drug-likeness (QED) is 0.107. The first kappa shape index (κ1) is 28.9. The molecule has 1 aliphatic carbocycles. The third-order valence-electron chi connectivity index (χ3n) is 6.38. The van der Waals surface area contributed by atoms with Crippen LogP contribution in [0.1, 0.15) is 26.0 Å². The van der Waals surface area contributed by atoms with Crippen LogP contribution < -0.4 is 20.7 Å². The molecule has 3 aromatic rings. The Morgan fingerprint density at radius 1 is 1.39 bits per heavy atom. The molecule has 41 heavy (non-hydrogen) atoms. The third kappa shape index (κ3) is 5.89. The van der Waals surface area contributed by atoms with Gasteiger partial charge in [-0.3, -0.25) is 9.36 Å². The van der Waals surface area contributed by atoms with E-state index in [-0.39, 0.29) is 29.1 Å². The molecule has 5 N–H and O–H groups in total. The molecule has 17 heteroatoms. The molecule has 1 saturated heterocycles. The van der Waals surface area contributed by atoms with Gasteiger partial charge in [0.15, 0.2) is 27.6 Å². The van der Waals surface area contributed by atoms with Crippen LogP contribution in [0.3, 0.4) is 0 Å². The van der Waals surface area contributed by atoms with E-state index in [1.165, 1.54) is 30.0 Å². The number of fused-ring (bicyclic) bond motifs is 1. The highest BCUT2D eigenvalue weighted by molar-refractivity contribution is 7.52. The highest BCUT2D eigenvalue weighted by atomic mass is 35.5. The van der Waals surface area contributed by atoms with Crippen LogP contribution in [0.25, 0.3) is 11.2 Å². The lowest BCUT2D eigenvalue weighted by molar-refractivity contribution is -0.142. The summed E-state index contributed by atoms with van der Waals surface area (Å²) in [5, 5.41) is 16.7. The number of nitrogen functional groups attached to an aromatic ring is 1. The van der Waals surface area contributed by atoms with E-state index in [1.54, 1.807) is 18.2 Å². The maximum absolute atomic E-state index is 14.5. The largest absolute Gasteiger partial charge is 0.513 e. The van der Waals surface area contributed by atoms with Crippen molar-refractivity contribution in [2.24, 2.45) is 0 Å². The van der Waals surface area contributed by atoms with Gasteiger partial charge in [0.05, 0.1) is 7.11 Å². The maximum atomic E-state index is 14.5. The van der Waals surface area contributed by atoms with Gasteiger partial charge < -0.3 is 34.7 Å². The van der Waals surface area contributed by atoms with E-state index in [1.807, 2.05) is 0 Å². The number of hydrogen-bond donors (Lipinski definition) is 4. The molecule has 5 atom stereocenters. The molecule has 5 rings (SSSR count). The average molecular weight is 612 g/mol. The van der Waals surface area contributed by atoms with Crippen molar-refractivity contribution < 1.29 is 37.4 Å². The molecule has 0 unspecified atom stereocenters. The number of aliphatic hydroxyl groups is 1. The zero-order chi connectivity index (χ0) is 29.4. The minimum absolute atomic E-state index is 0.0646. The Hall–Kier alpha value is -3.65. The van der Waals surface area contributed by atoms with Crippen molar-refractivity contribution in [3.63, 3.8) is 0 Å². The number of anilines is 2. The summed E-state index contributed by atoms with van der Waals surface area (Å²) in [6.07, 6.45) is 0.881. The summed E-state index contributed by atoms with van der Waals surface area (Å²) in [5.41, 5.74) is 6.45. The summed E-state index contributed by atoms with van der Waals surface area (Å²) >= 11 is 6.59. The van der Waals surface area contributed by atoms with Crippen LogP contribution in [-0.4, -0.2) is 67.4 Å². The van der Waals surface area contributed by atoms with Gasteiger partial charge >= 0.3 is 13.7 Å². The number of carbonyl (C=O) groups excluding carboxylic acids is 1. The minimum Gasteiger partial charge on any atom is -0.468 e. The lowest BCUT2D eigenvalue weighted by Gasteiger charge is -2.26. The van der Waals surface area contributed by atoms with Crippen molar-refractivity contribution in [1.29, 1.82) is 0 Å². The number of rotatable bonds is 11. The molecule has 2 aromatic heterocycles. The Bertz CT molecular complexity index is 1510. The topological polar surface area (TPSA) is 185 Å². The van der Waals surface area contributed by atoms with Gasteiger partial charge in [-0.05, 0) is 31.9 Å². The Balaban J connectivity index is 1.46. The monoisotopic (exact) mass is 611 g/mol. The number of halogens is 2. The number of aliphatic hydroxyl groups excluding tert-OH is 1. The fourth-order valence-electron chi connectivity index (χ4n) is 4.10. The molecule has 2 fully saturated rings. The molecule has 3 heterocycles. The number of para-hydroxylation sites is 1. The standard InChI is InChI=1S/C24H28ClFN7O7P/c1-13(21(35)37-2)32-41(36,40-15-6-4-3-5-7-15)38-10-16-18(34)24(25,11-26)22(39-16)33-12-28-17-19(29-14-8-9-14)30-23(27)31-20(17)33/h3-7,10,12-14,18,22,34H,8-9,11H2,1-2H3,(H,32,36)(H3,27,29,30,31)/b16-10+/t13-,18-,22-,24-,41+/m1/s1. The van der Waals surface area contributed by atoms with Crippen molar-refractivity contribution in [3.05, 3.63) is 48.7 Å². The van der Waals surface area contributed by atoms with Gasteiger partial charge in [0.25, 0.3) is 0 Å². The van der Waals surface area contributed by atoms with Crippen LogP contribution in [0.4, 0.5) is 16.2 Å². The SMILES string of the molecule is COC(=O)[C@@H](C)N[P@](=O)(O/C=C1/O[C@@H](n2cnc3c(NC4CC4)nc(N)nc32)[C@@](Cl)(CF)[C@@H]1O)Oc1ccccc1. The lowest BCUT2D eigenvalue weighted by Crippen LogP contribution is -2.41. The number of benzene rings is 1. The molecule has 220 valence electrons. The molecule has 0 bridgehead atoms. The zero-order valence-corrected chi connectivity index (χ0v) is 23.6. The van der Waals surface area contributed by atoms with E-state index in [0.29, 0.717) is 11.3 Å². The van der Waals surface area contributed by atoms with Gasteiger partial charge in [-0.2, -0.15) is 15.1 Å². The van der Waals surface area contributed by atoms with Gasteiger partial charge in [0, 0.05) is 6.04 Å². The number of alkyl halides is 2. The Kier molecular flexibility index (Phi) is 7.97. The maximum Gasteiger partial charge on any atom is 0.513 e. The van der Waals surface area contributed by atoms with E-state index < -0.39 is 43.6 Å². The van der Waals surface area contributed by atoms with Gasteiger partial charge in [0.1, 0.15) is 37.2 Å². The van der Waals surface area contributed by atoms with Gasteiger partial charge in [-0.1, -0.05) is 18.2 Å². The molecule has 1 aromatic carbocycles. The smallest absolute Gasteiger partial charge is 0.468 e. The third-order valence-corrected chi connectivity index (χ3v) is 8.41. The summed E-state index contributed by atoms with van der Waals surface area (Å²) in [6.45, 7) is 0.137. The number of carbonyl (C=O) groups is 1. The molecule has 14 nitrogen and oxygen atoms in total. The number of nitrogens with two attached hydrogens (primary N) is 1. The predicted octanol–water partition coefficient (Wildman–Crippen LogP) is 3.02. The molecule has 2 aliphatic rings. The molecule has 1 aliphatic heterocycles. The number of esters is 1. The predicted molar refractivity (Wildman–Crippen MR) is 146 cm³/mol. The number of nitrogens with one attached hydrogen (secondary N) is 2. The number of hydrogen-bond acceptors (Lipinski definition) is 12. The van der Waals surface area contributed by atoms with Crippen LogP contribution in [0, 0.1) is 0 Å². The fraction of sp³-hybridized carbons (Fsp3) is 0.417. The summed E-state index contributed by atoms with van der Waals surface area (Å²) in [4.78, 5) is 22.7. The Labute approximate surface area is 238 Å². The van der Waals surface area contributed by atoms with Crippen LogP contribution in [0.15, 0.2) is 48.7 Å². The van der Waals surface area contributed by atoms with Gasteiger partial charge in [0.2, 0.25) is 12.2 Å². The fourth-order valence-corrected chi connectivity index (χ4v) is 5.73. The van der Waals surface area contributed by atoms with Gasteiger partial charge in [-0.25, -0.2) is 13.9 Å². The van der Waals surface area contributed by atoms with Gasteiger partial charge in [-0.15, -0.1) is 11.6 Å². The first-order chi connectivity index (χ1) is 19.6. The summed E-state index contributed by atoms with van der Waals surface area (Å²) in [7, 11) is -3.19. The molecular formula is C24H28ClFN7O7P. The molecule has 1 saturated carbocycles. The van der Waals surface area contributed by atoms with E-state index in [0.717, 1.165) is 26.2 Å². The second-order valence-electron chi connectivity index (χ2n) is 9.51. The Morgan fingerprint density at radius 3 is 2.78 bits per heavy atom. The molecular weight excluding hydrogens is 584 g/mol. The van der Waals surface area contributed by atoms with E-state index >= 15 is 0 Å². The number of ether oxygens (including phenoxy) is 2. The van der Waals surface area contributed by atoms with E-state index in [4.69, 9.17) is 31.1 Å². The molecule has 0 amide bonds. The zero-order valence-electron chi connectivity index (χ0n) is 21.9. The van der Waals surface area contributed by atoms with Crippen LogP contribution >= 0.6 is 19.3 Å². The normalized spacial score (nSPS) is 25.3. The van der Waals surface area contributed by atoms with Crippen molar-refractivity contribution in [1.82, 2.24) is 24.6 Å². The first-order valence-corrected chi connectivity index (χ1v) is 14.4. The van der Waals surface area contributed by atoms with Crippen molar-refractivity contribution in [3.8, 4) is 5.75 Å². The second-order valence-corrected chi connectivity index (χ2v) is 11.9. The van der Waals surface area contributed by atoms with Crippen LogP contribution in [0.5, 0.6) is 5.75 Å². The van der Waals surface area contributed by atoms with Crippen molar-refractivity contribution >= 4 is 48.2 Å². The number of imidazole rings is 1. The summed E-state index contributed by atoms with van der Waals surface area (Å²) in [6, 6.07) is 7.13. The highest BCUT2D eigenvalue weighted by Gasteiger charge is 2.56.